The van der Waals surface area contributed by atoms with Gasteiger partial charge in [0.2, 0.25) is 5.88 Å². The molecule has 0 aromatic carbocycles. The molecule has 1 saturated heterocycles. The van der Waals surface area contributed by atoms with Crippen molar-refractivity contribution in [3.05, 3.63) is 23.4 Å². The van der Waals surface area contributed by atoms with Crippen LogP contribution in [0, 0.1) is 6.92 Å². The third kappa shape index (κ3) is 1.52. The Bertz CT molecular complexity index is 332. The monoisotopic (exact) mass is 179 g/mol. The number of aryl methyl sites for hydroxylation is 1. The van der Waals surface area contributed by atoms with Gasteiger partial charge in [-0.1, -0.05) is 0 Å². The van der Waals surface area contributed by atoms with Crippen molar-refractivity contribution in [1.29, 1.82) is 0 Å². The van der Waals surface area contributed by atoms with Crippen LogP contribution in [0.1, 0.15) is 18.2 Å². The largest absolute Gasteiger partial charge is 0.481 e. The molecule has 0 spiro atoms. The summed E-state index contributed by atoms with van der Waals surface area (Å²) in [5.41, 5.74) is 2.02. The highest BCUT2D eigenvalue weighted by atomic mass is 16.6. The molecule has 1 atom stereocenters. The van der Waals surface area contributed by atoms with Crippen LogP contribution < -0.4 is 4.74 Å². The Labute approximate surface area is 77.7 Å². The van der Waals surface area contributed by atoms with Crippen LogP contribution in [0.3, 0.4) is 0 Å². The molecule has 2 rings (SSSR count). The van der Waals surface area contributed by atoms with Gasteiger partial charge in [-0.15, -0.1) is 0 Å². The van der Waals surface area contributed by atoms with Crippen LogP contribution >= 0.6 is 0 Å². The van der Waals surface area contributed by atoms with E-state index in [0.717, 1.165) is 17.9 Å². The maximum absolute atomic E-state index is 5.35. The first-order valence-corrected chi connectivity index (χ1v) is 4.31. The predicted octanol–water partition coefficient (Wildman–Crippen LogP) is 1.64. The van der Waals surface area contributed by atoms with Crippen molar-refractivity contribution in [2.45, 2.75) is 19.4 Å². The van der Waals surface area contributed by atoms with Gasteiger partial charge >= 0.3 is 0 Å². The topological polar surface area (TPSA) is 34.6 Å². The number of hydrogen-bond acceptors (Lipinski definition) is 3. The van der Waals surface area contributed by atoms with Gasteiger partial charge < -0.3 is 9.47 Å². The van der Waals surface area contributed by atoms with E-state index in [1.54, 1.807) is 7.11 Å². The van der Waals surface area contributed by atoms with Gasteiger partial charge in [0.15, 0.2) is 0 Å². The first kappa shape index (κ1) is 8.51. The third-order valence-corrected chi connectivity index (χ3v) is 2.33. The molecule has 1 aromatic heterocycles. The van der Waals surface area contributed by atoms with Crippen molar-refractivity contribution >= 4 is 0 Å². The zero-order chi connectivity index (χ0) is 9.47. The first-order valence-electron chi connectivity index (χ1n) is 4.31. The van der Waals surface area contributed by atoms with Gasteiger partial charge in [-0.3, -0.25) is 0 Å². The van der Waals surface area contributed by atoms with Crippen molar-refractivity contribution < 1.29 is 9.47 Å². The van der Waals surface area contributed by atoms with E-state index in [0.29, 0.717) is 5.88 Å². The van der Waals surface area contributed by atoms with Gasteiger partial charge in [-0.25, -0.2) is 4.98 Å². The number of rotatable bonds is 2. The normalized spacial score (nSPS) is 25.8. The van der Waals surface area contributed by atoms with Crippen molar-refractivity contribution in [1.82, 2.24) is 4.98 Å². The molecule has 1 fully saturated rings. The van der Waals surface area contributed by atoms with Crippen molar-refractivity contribution in [2.24, 2.45) is 0 Å². The van der Waals surface area contributed by atoms with E-state index >= 15 is 0 Å². The summed E-state index contributed by atoms with van der Waals surface area (Å²) in [6.45, 7) is 4.82. The number of epoxide rings is 1. The Hall–Kier alpha value is -1.09. The van der Waals surface area contributed by atoms with E-state index in [4.69, 9.17) is 9.47 Å². The third-order valence-electron chi connectivity index (χ3n) is 2.33. The van der Waals surface area contributed by atoms with Crippen LogP contribution in [-0.2, 0) is 10.3 Å². The smallest absolute Gasteiger partial charge is 0.213 e. The maximum Gasteiger partial charge on any atom is 0.213 e. The first-order chi connectivity index (χ1) is 6.14. The summed E-state index contributed by atoms with van der Waals surface area (Å²) in [5.74, 6) is 0.659. The summed E-state index contributed by atoms with van der Waals surface area (Å²) in [5, 5.41) is 0. The lowest BCUT2D eigenvalue weighted by Crippen LogP contribution is -2.04. The lowest BCUT2D eigenvalue weighted by molar-refractivity contribution is 0.326. The lowest BCUT2D eigenvalue weighted by atomic mass is 10.0. The highest BCUT2D eigenvalue weighted by Crippen LogP contribution is 2.38. The summed E-state index contributed by atoms with van der Waals surface area (Å²) in [7, 11) is 1.63. The Balaban J connectivity index is 2.40. The van der Waals surface area contributed by atoms with Crippen LogP contribution in [0.4, 0.5) is 0 Å². The van der Waals surface area contributed by atoms with Gasteiger partial charge in [0.25, 0.3) is 0 Å². The molecule has 70 valence electrons. The average molecular weight is 179 g/mol. The van der Waals surface area contributed by atoms with Crippen LogP contribution in [0.15, 0.2) is 12.1 Å². The van der Waals surface area contributed by atoms with Crippen LogP contribution in [-0.4, -0.2) is 18.7 Å². The SMILES string of the molecule is COc1cc(C2(C)CO2)cc(C)n1. The van der Waals surface area contributed by atoms with Crippen molar-refractivity contribution in [3.63, 3.8) is 0 Å². The van der Waals surface area contributed by atoms with E-state index < -0.39 is 0 Å². The summed E-state index contributed by atoms with van der Waals surface area (Å²) < 4.78 is 10.4. The van der Waals surface area contributed by atoms with Crippen LogP contribution in [0.25, 0.3) is 0 Å². The number of aromatic nitrogens is 1. The summed E-state index contributed by atoms with van der Waals surface area (Å²) in [6, 6.07) is 3.97. The molecule has 0 radical (unpaired) electrons. The van der Waals surface area contributed by atoms with Gasteiger partial charge in [0.05, 0.1) is 13.7 Å². The minimum atomic E-state index is -0.0963. The summed E-state index contributed by atoms with van der Waals surface area (Å²) in [4.78, 5) is 4.22. The molecule has 0 amide bonds. The fourth-order valence-corrected chi connectivity index (χ4v) is 1.32. The minimum Gasteiger partial charge on any atom is -0.481 e. The maximum atomic E-state index is 5.35. The molecule has 1 unspecified atom stereocenters. The highest BCUT2D eigenvalue weighted by Gasteiger charge is 2.41. The molecule has 3 heteroatoms. The zero-order valence-electron chi connectivity index (χ0n) is 8.13. The fraction of sp³-hybridized carbons (Fsp3) is 0.500. The van der Waals surface area contributed by atoms with Gasteiger partial charge in [0, 0.05) is 11.8 Å². The van der Waals surface area contributed by atoms with Crippen LogP contribution in [0.5, 0.6) is 5.88 Å². The van der Waals surface area contributed by atoms with E-state index in [1.807, 2.05) is 19.1 Å². The number of pyridine rings is 1. The quantitative estimate of drug-likeness (QED) is 0.647. The second-order valence-corrected chi connectivity index (χ2v) is 3.56. The Kier molecular flexibility index (Phi) is 1.77. The highest BCUT2D eigenvalue weighted by molar-refractivity contribution is 5.31. The molecule has 0 N–H and O–H groups in total. The second-order valence-electron chi connectivity index (χ2n) is 3.56. The average Bonchev–Trinajstić information content (AvgIpc) is 2.84. The summed E-state index contributed by atoms with van der Waals surface area (Å²) >= 11 is 0. The van der Waals surface area contributed by atoms with Crippen LogP contribution in [0.2, 0.25) is 0 Å². The van der Waals surface area contributed by atoms with E-state index in [1.165, 1.54) is 0 Å². The molecule has 0 saturated carbocycles. The molecule has 2 heterocycles. The molecular weight excluding hydrogens is 166 g/mol. The predicted molar refractivity (Wildman–Crippen MR) is 48.8 cm³/mol. The molecule has 1 aliphatic heterocycles. The van der Waals surface area contributed by atoms with Gasteiger partial charge in [0.1, 0.15) is 5.60 Å². The zero-order valence-corrected chi connectivity index (χ0v) is 8.13. The molecule has 13 heavy (non-hydrogen) atoms. The van der Waals surface area contributed by atoms with E-state index in [-0.39, 0.29) is 5.60 Å². The molecule has 0 aliphatic carbocycles. The number of nitrogens with zero attached hydrogens (tertiary/aromatic N) is 1. The fourth-order valence-electron chi connectivity index (χ4n) is 1.32. The Morgan fingerprint density at radius 2 is 2.23 bits per heavy atom. The van der Waals surface area contributed by atoms with E-state index in [2.05, 4.69) is 11.9 Å². The molecule has 1 aliphatic rings. The van der Waals surface area contributed by atoms with Crippen molar-refractivity contribution in [3.8, 4) is 5.88 Å². The molecule has 3 nitrogen and oxygen atoms in total. The summed E-state index contributed by atoms with van der Waals surface area (Å²) in [6.07, 6.45) is 0. The van der Waals surface area contributed by atoms with E-state index in [9.17, 15) is 0 Å². The molecule has 1 aromatic rings. The van der Waals surface area contributed by atoms with Gasteiger partial charge in [-0.2, -0.15) is 0 Å². The number of ether oxygens (including phenoxy) is 2. The lowest BCUT2D eigenvalue weighted by Gasteiger charge is -2.08. The number of methoxy groups -OCH3 is 1. The standard InChI is InChI=1S/C10H13NO2/c1-7-4-8(10(2)6-13-10)5-9(11-7)12-3/h4-5H,6H2,1-3H3. The van der Waals surface area contributed by atoms with Crippen molar-refractivity contribution in [2.75, 3.05) is 13.7 Å². The molecular formula is C10H13NO2. The Morgan fingerprint density at radius 1 is 1.54 bits per heavy atom. The Morgan fingerprint density at radius 3 is 2.77 bits per heavy atom. The number of hydrogen-bond donors (Lipinski definition) is 0. The second kappa shape index (κ2) is 2.70. The van der Waals surface area contributed by atoms with Gasteiger partial charge in [-0.05, 0) is 25.5 Å². The minimum absolute atomic E-state index is 0.0963. The molecule has 0 bridgehead atoms.